The number of halogens is 2. The molecule has 2 nitrogen and oxygen atoms in total. The molecule has 0 amide bonds. The molecule has 2 aromatic rings. The highest BCUT2D eigenvalue weighted by Gasteiger charge is 2.14. The third kappa shape index (κ3) is 3.58. The fourth-order valence-electron chi connectivity index (χ4n) is 2.18. The van der Waals surface area contributed by atoms with Crippen LogP contribution in [0.15, 0.2) is 46.9 Å². The van der Waals surface area contributed by atoms with Crippen molar-refractivity contribution in [2.24, 2.45) is 0 Å². The normalized spacial score (nSPS) is 14.0. The summed E-state index contributed by atoms with van der Waals surface area (Å²) < 4.78 is 14.8. The monoisotopic (exact) mass is 337 g/mol. The summed E-state index contributed by atoms with van der Waals surface area (Å²) in [5, 5.41) is 12.6. The summed E-state index contributed by atoms with van der Waals surface area (Å²) in [6.45, 7) is 3.95. The molecule has 0 heterocycles. The maximum atomic E-state index is 13.8. The topological polar surface area (TPSA) is 32.3 Å². The van der Waals surface area contributed by atoms with Gasteiger partial charge in [0.1, 0.15) is 11.6 Å². The van der Waals surface area contributed by atoms with Crippen molar-refractivity contribution in [2.45, 2.75) is 25.9 Å². The lowest BCUT2D eigenvalue weighted by Gasteiger charge is -2.21. The van der Waals surface area contributed by atoms with E-state index in [0.29, 0.717) is 5.56 Å². The minimum absolute atomic E-state index is 0.0561. The van der Waals surface area contributed by atoms with Crippen LogP contribution in [0.1, 0.15) is 37.1 Å². The molecule has 106 valence electrons. The van der Waals surface area contributed by atoms with Crippen molar-refractivity contribution < 1.29 is 9.50 Å². The molecule has 0 bridgehead atoms. The Labute approximate surface area is 126 Å². The minimum atomic E-state index is -0.395. The number of benzene rings is 2. The van der Waals surface area contributed by atoms with E-state index in [1.165, 1.54) is 6.07 Å². The zero-order valence-electron chi connectivity index (χ0n) is 11.4. The Kier molecular flexibility index (Phi) is 4.78. The summed E-state index contributed by atoms with van der Waals surface area (Å²) in [6, 6.07) is 12.2. The number of nitrogens with one attached hydrogen (secondary N) is 1. The molecule has 0 aliphatic rings. The molecule has 4 heteroatoms. The van der Waals surface area contributed by atoms with Crippen LogP contribution in [0.2, 0.25) is 0 Å². The van der Waals surface area contributed by atoms with Crippen LogP contribution >= 0.6 is 15.9 Å². The zero-order chi connectivity index (χ0) is 14.7. The van der Waals surface area contributed by atoms with Gasteiger partial charge in [0.05, 0.1) is 0 Å². The van der Waals surface area contributed by atoms with Gasteiger partial charge in [0, 0.05) is 28.2 Å². The van der Waals surface area contributed by atoms with Crippen LogP contribution in [0.4, 0.5) is 4.39 Å². The van der Waals surface area contributed by atoms with E-state index in [0.717, 1.165) is 16.1 Å². The second-order valence-electron chi connectivity index (χ2n) is 4.87. The van der Waals surface area contributed by atoms with Crippen molar-refractivity contribution in [1.29, 1.82) is 0 Å². The van der Waals surface area contributed by atoms with Crippen LogP contribution in [-0.2, 0) is 0 Å². The lowest BCUT2D eigenvalue weighted by molar-refractivity contribution is 0.454. The number of hydrogen-bond donors (Lipinski definition) is 2. The summed E-state index contributed by atoms with van der Waals surface area (Å²) in [4.78, 5) is 0. The molecule has 0 fully saturated rings. The highest BCUT2D eigenvalue weighted by Crippen LogP contribution is 2.24. The van der Waals surface area contributed by atoms with E-state index in [2.05, 4.69) is 21.2 Å². The molecule has 2 atom stereocenters. The van der Waals surface area contributed by atoms with Gasteiger partial charge >= 0.3 is 0 Å². The number of phenolic OH excluding ortho intramolecular Hbond substituents is 1. The number of phenols is 1. The molecular weight excluding hydrogens is 321 g/mol. The van der Waals surface area contributed by atoms with Crippen LogP contribution in [0.3, 0.4) is 0 Å². The van der Waals surface area contributed by atoms with E-state index < -0.39 is 5.82 Å². The van der Waals surface area contributed by atoms with Crippen molar-refractivity contribution >= 4 is 15.9 Å². The van der Waals surface area contributed by atoms with Crippen molar-refractivity contribution in [3.8, 4) is 5.75 Å². The minimum Gasteiger partial charge on any atom is -0.508 e. The van der Waals surface area contributed by atoms with E-state index in [1.807, 2.05) is 38.1 Å². The van der Waals surface area contributed by atoms with Gasteiger partial charge < -0.3 is 10.4 Å². The molecule has 2 unspecified atom stereocenters. The molecule has 2 N–H and O–H groups in total. The van der Waals surface area contributed by atoms with Gasteiger partial charge in [-0.05, 0) is 37.6 Å². The van der Waals surface area contributed by atoms with Gasteiger partial charge in [-0.2, -0.15) is 0 Å². The van der Waals surface area contributed by atoms with Crippen molar-refractivity contribution in [3.63, 3.8) is 0 Å². The van der Waals surface area contributed by atoms with Gasteiger partial charge in [-0.15, -0.1) is 0 Å². The fourth-order valence-corrected chi connectivity index (χ4v) is 2.44. The van der Waals surface area contributed by atoms with E-state index in [4.69, 9.17) is 0 Å². The Bertz CT molecular complexity index is 586. The molecule has 0 saturated heterocycles. The molecule has 20 heavy (non-hydrogen) atoms. The molecule has 2 aromatic carbocycles. The molecule has 0 aromatic heterocycles. The lowest BCUT2D eigenvalue weighted by Crippen LogP contribution is -2.23. The second kappa shape index (κ2) is 6.37. The van der Waals surface area contributed by atoms with Gasteiger partial charge in [0.15, 0.2) is 0 Å². The maximum Gasteiger partial charge on any atom is 0.131 e. The molecule has 0 aliphatic carbocycles. The van der Waals surface area contributed by atoms with Crippen molar-refractivity contribution in [1.82, 2.24) is 5.32 Å². The van der Waals surface area contributed by atoms with Gasteiger partial charge in [-0.3, -0.25) is 0 Å². The van der Waals surface area contributed by atoms with E-state index >= 15 is 0 Å². The average Bonchev–Trinajstić information content (AvgIpc) is 2.39. The summed E-state index contributed by atoms with van der Waals surface area (Å²) in [5.74, 6) is -0.451. The van der Waals surface area contributed by atoms with Crippen LogP contribution in [-0.4, -0.2) is 5.11 Å². The van der Waals surface area contributed by atoms with Crippen LogP contribution in [0.25, 0.3) is 0 Å². The lowest BCUT2D eigenvalue weighted by atomic mass is 10.0. The Morgan fingerprint density at radius 2 is 1.70 bits per heavy atom. The molecular formula is C16H17BrFNO. The molecule has 0 spiro atoms. The zero-order valence-corrected chi connectivity index (χ0v) is 13.0. The number of rotatable bonds is 4. The van der Waals surface area contributed by atoms with Crippen LogP contribution in [0, 0.1) is 5.82 Å². The summed E-state index contributed by atoms with van der Waals surface area (Å²) in [7, 11) is 0. The average molecular weight is 338 g/mol. The standard InChI is InChI=1S/C16H17BrFNO/c1-10(12-3-5-13(17)6-4-12)19-11(2)15-8-7-14(20)9-16(15)18/h3-11,19-20H,1-2H3. The van der Waals surface area contributed by atoms with Crippen molar-refractivity contribution in [3.05, 3.63) is 63.9 Å². The van der Waals surface area contributed by atoms with E-state index in [-0.39, 0.29) is 17.8 Å². The summed E-state index contributed by atoms with van der Waals surface area (Å²) in [6.07, 6.45) is 0. The number of aromatic hydroxyl groups is 1. The summed E-state index contributed by atoms with van der Waals surface area (Å²) >= 11 is 3.40. The highest BCUT2D eigenvalue weighted by molar-refractivity contribution is 9.10. The SMILES string of the molecule is CC(NC(C)c1ccc(O)cc1F)c1ccc(Br)cc1. The molecule has 0 aliphatic heterocycles. The quantitative estimate of drug-likeness (QED) is 0.847. The van der Waals surface area contributed by atoms with Crippen molar-refractivity contribution in [2.75, 3.05) is 0 Å². The Morgan fingerprint density at radius 1 is 1.05 bits per heavy atom. The molecule has 0 radical (unpaired) electrons. The first-order chi connectivity index (χ1) is 9.47. The first kappa shape index (κ1) is 15.0. The van der Waals surface area contributed by atoms with Gasteiger partial charge in [0.25, 0.3) is 0 Å². The number of hydrogen-bond acceptors (Lipinski definition) is 2. The third-order valence-electron chi connectivity index (χ3n) is 3.32. The van der Waals surface area contributed by atoms with Crippen LogP contribution in [0.5, 0.6) is 5.75 Å². The smallest absolute Gasteiger partial charge is 0.131 e. The predicted octanol–water partition coefficient (Wildman–Crippen LogP) is 4.71. The van der Waals surface area contributed by atoms with Gasteiger partial charge in [0.2, 0.25) is 0 Å². The van der Waals surface area contributed by atoms with Gasteiger partial charge in [-0.25, -0.2) is 4.39 Å². The molecule has 2 rings (SSSR count). The Balaban J connectivity index is 2.10. The Hall–Kier alpha value is -1.39. The Morgan fingerprint density at radius 3 is 2.30 bits per heavy atom. The predicted molar refractivity (Wildman–Crippen MR) is 82.2 cm³/mol. The fraction of sp³-hybridized carbons (Fsp3) is 0.250. The molecule has 0 saturated carbocycles. The second-order valence-corrected chi connectivity index (χ2v) is 5.78. The largest absolute Gasteiger partial charge is 0.508 e. The van der Waals surface area contributed by atoms with E-state index in [9.17, 15) is 9.50 Å². The maximum absolute atomic E-state index is 13.8. The summed E-state index contributed by atoms with van der Waals surface area (Å²) in [5.41, 5.74) is 1.69. The van der Waals surface area contributed by atoms with E-state index in [1.54, 1.807) is 6.07 Å². The van der Waals surface area contributed by atoms with Crippen LogP contribution < -0.4 is 5.32 Å². The first-order valence-electron chi connectivity index (χ1n) is 6.47. The first-order valence-corrected chi connectivity index (χ1v) is 7.26. The van der Waals surface area contributed by atoms with Gasteiger partial charge in [-0.1, -0.05) is 34.1 Å². The third-order valence-corrected chi connectivity index (χ3v) is 3.85. The highest BCUT2D eigenvalue weighted by atomic mass is 79.9.